The van der Waals surface area contributed by atoms with E-state index in [4.69, 9.17) is 0 Å². The molecule has 6 nitrogen and oxygen atoms in total. The van der Waals surface area contributed by atoms with Crippen LogP contribution in [0.2, 0.25) is 0 Å². The van der Waals surface area contributed by atoms with Crippen molar-refractivity contribution in [1.82, 2.24) is 5.32 Å². The summed E-state index contributed by atoms with van der Waals surface area (Å²) in [5.74, 6) is -1.12. The highest BCUT2D eigenvalue weighted by Crippen LogP contribution is 2.10. The third kappa shape index (κ3) is 6.39. The Hall–Kier alpha value is -2.37. The second kappa shape index (κ2) is 9.55. The molecule has 0 fully saturated rings. The van der Waals surface area contributed by atoms with Crippen molar-refractivity contribution in [3.05, 3.63) is 29.8 Å². The van der Waals surface area contributed by atoms with Crippen molar-refractivity contribution in [2.75, 3.05) is 19.0 Å². The average molecular weight is 306 g/mol. The topological polar surface area (TPSA) is 84.5 Å². The van der Waals surface area contributed by atoms with Crippen LogP contribution in [0.3, 0.4) is 0 Å². The molecule has 0 aliphatic rings. The molecule has 0 aromatic heterocycles. The molecule has 0 spiro atoms. The Balaban J connectivity index is 2.38. The molecule has 0 atom stereocenters. The van der Waals surface area contributed by atoms with Crippen molar-refractivity contribution in [1.29, 1.82) is 0 Å². The first kappa shape index (κ1) is 17.7. The van der Waals surface area contributed by atoms with E-state index in [1.54, 1.807) is 24.3 Å². The Kier molecular flexibility index (Phi) is 7.67. The van der Waals surface area contributed by atoms with Crippen molar-refractivity contribution in [3.63, 3.8) is 0 Å². The first-order chi connectivity index (χ1) is 10.6. The van der Waals surface area contributed by atoms with Gasteiger partial charge in [0.15, 0.2) is 0 Å². The van der Waals surface area contributed by atoms with Crippen LogP contribution in [0.5, 0.6) is 0 Å². The summed E-state index contributed by atoms with van der Waals surface area (Å²) in [7, 11) is 1.30. The van der Waals surface area contributed by atoms with Gasteiger partial charge in [-0.2, -0.15) is 0 Å². The maximum Gasteiger partial charge on any atom is 0.337 e. The van der Waals surface area contributed by atoms with E-state index < -0.39 is 5.97 Å². The maximum atomic E-state index is 11.7. The summed E-state index contributed by atoms with van der Waals surface area (Å²) in [6.45, 7) is 2.68. The van der Waals surface area contributed by atoms with Gasteiger partial charge < -0.3 is 15.4 Å². The van der Waals surface area contributed by atoms with Crippen LogP contribution in [-0.2, 0) is 14.3 Å². The van der Waals surface area contributed by atoms with Gasteiger partial charge in [0.25, 0.3) is 0 Å². The Morgan fingerprint density at radius 3 is 2.32 bits per heavy atom. The summed E-state index contributed by atoms with van der Waals surface area (Å²) in [6.07, 6.45) is 2.83. The number of esters is 1. The van der Waals surface area contributed by atoms with Crippen molar-refractivity contribution < 1.29 is 19.1 Å². The molecule has 2 N–H and O–H groups in total. The van der Waals surface area contributed by atoms with E-state index in [0.717, 1.165) is 19.3 Å². The second-order valence-electron chi connectivity index (χ2n) is 4.85. The number of amides is 2. The first-order valence-corrected chi connectivity index (χ1v) is 7.31. The number of ether oxygens (including phenoxy) is 1. The molecular weight excluding hydrogens is 284 g/mol. The van der Waals surface area contributed by atoms with Crippen molar-refractivity contribution in [3.8, 4) is 0 Å². The number of nitrogens with one attached hydrogen (secondary N) is 2. The minimum Gasteiger partial charge on any atom is -0.465 e. The van der Waals surface area contributed by atoms with Crippen molar-refractivity contribution in [2.24, 2.45) is 0 Å². The standard InChI is InChI=1S/C16H22N2O4/c1-3-4-5-10-17-14(19)11-15(20)18-13-8-6-12(7-9-13)16(21)22-2/h6-9H,3-5,10-11H2,1-2H3,(H,17,19)(H,18,20). The first-order valence-electron chi connectivity index (χ1n) is 7.31. The Labute approximate surface area is 130 Å². The van der Waals surface area contributed by atoms with Crippen molar-refractivity contribution in [2.45, 2.75) is 32.6 Å². The van der Waals surface area contributed by atoms with E-state index in [2.05, 4.69) is 22.3 Å². The van der Waals surface area contributed by atoms with Gasteiger partial charge in [0.1, 0.15) is 6.42 Å². The zero-order valence-corrected chi connectivity index (χ0v) is 13.0. The monoisotopic (exact) mass is 306 g/mol. The molecule has 1 aromatic rings. The fourth-order valence-electron chi connectivity index (χ4n) is 1.82. The number of carbonyl (C=O) groups is 3. The van der Waals surface area contributed by atoms with Crippen LogP contribution >= 0.6 is 0 Å². The number of anilines is 1. The summed E-state index contributed by atoms with van der Waals surface area (Å²) in [5, 5.41) is 5.31. The molecule has 0 aliphatic carbocycles. The van der Waals surface area contributed by atoms with Gasteiger partial charge in [0, 0.05) is 12.2 Å². The van der Waals surface area contributed by atoms with Gasteiger partial charge in [-0.1, -0.05) is 19.8 Å². The zero-order chi connectivity index (χ0) is 16.4. The van der Waals surface area contributed by atoms with E-state index in [9.17, 15) is 14.4 Å². The van der Waals surface area contributed by atoms with Crippen LogP contribution in [0, 0.1) is 0 Å². The molecule has 0 saturated carbocycles. The number of benzene rings is 1. The summed E-state index contributed by atoms with van der Waals surface area (Å²) in [5.41, 5.74) is 0.922. The molecular formula is C16H22N2O4. The van der Waals surface area contributed by atoms with Gasteiger partial charge in [0.2, 0.25) is 11.8 Å². The van der Waals surface area contributed by atoms with E-state index in [-0.39, 0.29) is 18.2 Å². The molecule has 120 valence electrons. The normalized spacial score (nSPS) is 9.91. The number of unbranched alkanes of at least 4 members (excludes halogenated alkanes) is 2. The summed E-state index contributed by atoms with van der Waals surface area (Å²) in [6, 6.07) is 6.27. The number of methoxy groups -OCH3 is 1. The van der Waals surface area contributed by atoms with Crippen LogP contribution in [0.4, 0.5) is 5.69 Å². The van der Waals surface area contributed by atoms with Gasteiger partial charge in [-0.05, 0) is 30.7 Å². The minimum absolute atomic E-state index is 0.217. The lowest BCUT2D eigenvalue weighted by Crippen LogP contribution is -2.28. The largest absolute Gasteiger partial charge is 0.465 e. The van der Waals surface area contributed by atoms with Gasteiger partial charge in [0.05, 0.1) is 12.7 Å². The molecule has 1 aromatic carbocycles. The molecule has 6 heteroatoms. The molecule has 1 rings (SSSR count). The average Bonchev–Trinajstić information content (AvgIpc) is 2.51. The summed E-state index contributed by atoms with van der Waals surface area (Å²) >= 11 is 0. The van der Waals surface area contributed by atoms with Crippen LogP contribution < -0.4 is 10.6 Å². The fourth-order valence-corrected chi connectivity index (χ4v) is 1.82. The highest BCUT2D eigenvalue weighted by molar-refractivity contribution is 6.03. The summed E-state index contributed by atoms with van der Waals surface area (Å²) < 4.78 is 4.59. The SMILES string of the molecule is CCCCCNC(=O)CC(=O)Nc1ccc(C(=O)OC)cc1. The molecule has 0 bridgehead atoms. The van der Waals surface area contributed by atoms with E-state index in [0.29, 0.717) is 17.8 Å². The smallest absolute Gasteiger partial charge is 0.337 e. The number of carbonyl (C=O) groups excluding carboxylic acids is 3. The summed E-state index contributed by atoms with van der Waals surface area (Å²) in [4.78, 5) is 34.6. The third-order valence-corrected chi connectivity index (χ3v) is 3.01. The zero-order valence-electron chi connectivity index (χ0n) is 13.0. The van der Waals surface area contributed by atoms with Crippen LogP contribution in [-0.4, -0.2) is 31.4 Å². The van der Waals surface area contributed by atoms with E-state index >= 15 is 0 Å². The Bertz CT molecular complexity index is 511. The molecule has 0 heterocycles. The van der Waals surface area contributed by atoms with Crippen LogP contribution in [0.25, 0.3) is 0 Å². The quantitative estimate of drug-likeness (QED) is 0.437. The van der Waals surface area contributed by atoms with Crippen LogP contribution in [0.1, 0.15) is 43.0 Å². The second-order valence-corrected chi connectivity index (χ2v) is 4.85. The Morgan fingerprint density at radius 2 is 1.73 bits per heavy atom. The minimum atomic E-state index is -0.440. The Morgan fingerprint density at radius 1 is 1.05 bits per heavy atom. The van der Waals surface area contributed by atoms with Crippen molar-refractivity contribution >= 4 is 23.5 Å². The molecule has 0 saturated heterocycles. The molecule has 0 unspecified atom stereocenters. The number of hydrogen-bond acceptors (Lipinski definition) is 4. The van der Waals surface area contributed by atoms with E-state index in [1.807, 2.05) is 0 Å². The number of hydrogen-bond donors (Lipinski definition) is 2. The van der Waals surface area contributed by atoms with Gasteiger partial charge in [-0.15, -0.1) is 0 Å². The molecule has 2 amide bonds. The highest BCUT2D eigenvalue weighted by Gasteiger charge is 2.10. The maximum absolute atomic E-state index is 11.7. The lowest BCUT2D eigenvalue weighted by molar-refractivity contribution is -0.126. The fraction of sp³-hybridized carbons (Fsp3) is 0.438. The number of rotatable bonds is 8. The lowest BCUT2D eigenvalue weighted by atomic mass is 10.2. The van der Waals surface area contributed by atoms with Crippen LogP contribution in [0.15, 0.2) is 24.3 Å². The predicted octanol–water partition coefficient (Wildman–Crippen LogP) is 2.11. The van der Waals surface area contributed by atoms with E-state index in [1.165, 1.54) is 7.11 Å². The third-order valence-electron chi connectivity index (χ3n) is 3.01. The lowest BCUT2D eigenvalue weighted by Gasteiger charge is -2.07. The molecule has 0 radical (unpaired) electrons. The van der Waals surface area contributed by atoms with Gasteiger partial charge in [-0.25, -0.2) is 4.79 Å². The van der Waals surface area contributed by atoms with Gasteiger partial charge >= 0.3 is 5.97 Å². The van der Waals surface area contributed by atoms with Gasteiger partial charge in [-0.3, -0.25) is 9.59 Å². The predicted molar refractivity (Wildman–Crippen MR) is 83.6 cm³/mol. The highest BCUT2D eigenvalue weighted by atomic mass is 16.5. The molecule has 22 heavy (non-hydrogen) atoms. The molecule has 0 aliphatic heterocycles.